The van der Waals surface area contributed by atoms with E-state index in [9.17, 15) is 9.59 Å². The van der Waals surface area contributed by atoms with Crippen molar-refractivity contribution < 1.29 is 28.2 Å². The number of amides is 2. The third kappa shape index (κ3) is 5.72. The van der Waals surface area contributed by atoms with Gasteiger partial charge in [0.25, 0.3) is 11.8 Å². The molecule has 1 aliphatic heterocycles. The SMILES string of the molecule is COc1ccc(-c2nnn(CC(=O)N(c3ccc4c(c3)OCCO4)C(C(=O)NC3CCCC3)c3ccco3)n2)cc1. The van der Waals surface area contributed by atoms with Gasteiger partial charge in [0.05, 0.1) is 13.4 Å². The summed E-state index contributed by atoms with van der Waals surface area (Å²) in [7, 11) is 1.59. The highest BCUT2D eigenvalue weighted by Crippen LogP contribution is 2.37. The van der Waals surface area contributed by atoms with Gasteiger partial charge in [0.1, 0.15) is 31.3 Å². The van der Waals surface area contributed by atoms with E-state index in [4.69, 9.17) is 18.6 Å². The summed E-state index contributed by atoms with van der Waals surface area (Å²) in [6.45, 7) is 0.541. The van der Waals surface area contributed by atoms with Crippen LogP contribution in [0.3, 0.4) is 0 Å². The number of fused-ring (bicyclic) bond motifs is 1. The Kier molecular flexibility index (Phi) is 7.52. The molecule has 1 unspecified atom stereocenters. The molecule has 2 amide bonds. The largest absolute Gasteiger partial charge is 0.497 e. The van der Waals surface area contributed by atoms with Gasteiger partial charge in [0.2, 0.25) is 5.82 Å². The summed E-state index contributed by atoms with van der Waals surface area (Å²) >= 11 is 0. The van der Waals surface area contributed by atoms with Gasteiger partial charge in [0, 0.05) is 23.4 Å². The fourth-order valence-corrected chi connectivity index (χ4v) is 5.15. The maximum absolute atomic E-state index is 14.1. The lowest BCUT2D eigenvalue weighted by Gasteiger charge is -2.31. The number of methoxy groups -OCH3 is 1. The molecule has 12 heteroatoms. The fourth-order valence-electron chi connectivity index (χ4n) is 5.15. The molecule has 2 aliphatic rings. The number of ether oxygens (including phenoxy) is 3. The van der Waals surface area contributed by atoms with Gasteiger partial charge in [-0.1, -0.05) is 12.8 Å². The minimum absolute atomic E-state index is 0.0428. The minimum atomic E-state index is -1.08. The molecular weight excluding hydrogens is 528 g/mol. The molecule has 1 N–H and O–H groups in total. The zero-order valence-corrected chi connectivity index (χ0v) is 22.6. The van der Waals surface area contributed by atoms with Gasteiger partial charge in [-0.05, 0) is 66.6 Å². The Balaban J connectivity index is 1.33. The Morgan fingerprint density at radius 1 is 1.07 bits per heavy atom. The third-order valence-electron chi connectivity index (χ3n) is 7.17. The van der Waals surface area contributed by atoms with E-state index in [1.54, 1.807) is 49.6 Å². The highest BCUT2D eigenvalue weighted by molar-refractivity contribution is 6.01. The fraction of sp³-hybridized carbons (Fsp3) is 0.345. The smallest absolute Gasteiger partial charge is 0.251 e. The lowest BCUT2D eigenvalue weighted by atomic mass is 10.1. The Hall–Kier alpha value is -4.87. The van der Waals surface area contributed by atoms with E-state index >= 15 is 0 Å². The van der Waals surface area contributed by atoms with Crippen LogP contribution < -0.4 is 24.4 Å². The molecule has 212 valence electrons. The van der Waals surface area contributed by atoms with E-state index in [1.807, 2.05) is 12.1 Å². The Bertz CT molecular complexity index is 1500. The van der Waals surface area contributed by atoms with Gasteiger partial charge in [-0.15, -0.1) is 10.2 Å². The zero-order valence-electron chi connectivity index (χ0n) is 22.6. The molecular formula is C29H30N6O6. The number of aromatic nitrogens is 4. The van der Waals surface area contributed by atoms with Crippen molar-refractivity contribution in [3.8, 4) is 28.6 Å². The molecule has 12 nitrogen and oxygen atoms in total. The molecule has 2 aromatic carbocycles. The first-order valence-corrected chi connectivity index (χ1v) is 13.6. The van der Waals surface area contributed by atoms with E-state index in [1.165, 1.54) is 16.0 Å². The molecule has 1 atom stereocenters. The molecule has 4 aromatic rings. The third-order valence-corrected chi connectivity index (χ3v) is 7.17. The number of tetrazole rings is 1. The zero-order chi connectivity index (χ0) is 28.2. The highest BCUT2D eigenvalue weighted by Gasteiger charge is 2.37. The van der Waals surface area contributed by atoms with E-state index in [0.717, 1.165) is 31.2 Å². The lowest BCUT2D eigenvalue weighted by Crippen LogP contribution is -2.47. The summed E-state index contributed by atoms with van der Waals surface area (Å²) in [4.78, 5) is 30.5. The first kappa shape index (κ1) is 26.4. The van der Waals surface area contributed by atoms with Gasteiger partial charge in [-0.2, -0.15) is 4.80 Å². The number of benzene rings is 2. The number of hydrogen-bond donors (Lipinski definition) is 1. The molecule has 0 radical (unpaired) electrons. The molecule has 2 aromatic heterocycles. The van der Waals surface area contributed by atoms with Crippen molar-refractivity contribution in [1.29, 1.82) is 0 Å². The van der Waals surface area contributed by atoms with Crippen LogP contribution in [0, 0.1) is 0 Å². The molecule has 1 aliphatic carbocycles. The average Bonchev–Trinajstić information content (AvgIpc) is 3.80. The molecule has 0 spiro atoms. The van der Waals surface area contributed by atoms with Crippen molar-refractivity contribution in [2.24, 2.45) is 0 Å². The summed E-state index contributed by atoms with van der Waals surface area (Å²) in [6, 6.07) is 14.7. The van der Waals surface area contributed by atoms with Gasteiger partial charge in [-0.25, -0.2) is 0 Å². The van der Waals surface area contributed by atoms with Crippen LogP contribution in [0.15, 0.2) is 65.3 Å². The molecule has 0 bridgehead atoms. The van der Waals surface area contributed by atoms with Gasteiger partial charge in [0.15, 0.2) is 17.5 Å². The van der Waals surface area contributed by atoms with Crippen LogP contribution in [0.2, 0.25) is 0 Å². The van der Waals surface area contributed by atoms with Gasteiger partial charge in [-0.3, -0.25) is 14.5 Å². The first-order chi connectivity index (χ1) is 20.1. The van der Waals surface area contributed by atoms with Gasteiger partial charge >= 0.3 is 0 Å². The molecule has 6 rings (SSSR count). The second-order valence-electron chi connectivity index (χ2n) is 9.87. The molecule has 0 saturated heterocycles. The first-order valence-electron chi connectivity index (χ1n) is 13.6. The highest BCUT2D eigenvalue weighted by atomic mass is 16.6. The summed E-state index contributed by atoms with van der Waals surface area (Å²) in [5.41, 5.74) is 1.16. The summed E-state index contributed by atoms with van der Waals surface area (Å²) in [5.74, 6) is 1.67. The number of nitrogens with one attached hydrogen (secondary N) is 1. The maximum Gasteiger partial charge on any atom is 0.251 e. The van der Waals surface area contributed by atoms with Crippen LogP contribution >= 0.6 is 0 Å². The number of hydrogen-bond acceptors (Lipinski definition) is 9. The van der Waals surface area contributed by atoms with Crippen LogP contribution in [-0.4, -0.2) is 58.4 Å². The topological polar surface area (TPSA) is 134 Å². The van der Waals surface area contributed by atoms with E-state index in [0.29, 0.717) is 47.7 Å². The number of furan rings is 1. The van der Waals surface area contributed by atoms with Crippen LogP contribution in [0.5, 0.6) is 17.2 Å². The van der Waals surface area contributed by atoms with E-state index in [-0.39, 0.29) is 18.5 Å². The number of carbonyl (C=O) groups is 2. The van der Waals surface area contributed by atoms with Crippen LogP contribution in [0.1, 0.15) is 37.5 Å². The quantitative estimate of drug-likeness (QED) is 0.327. The molecule has 1 saturated carbocycles. The van der Waals surface area contributed by atoms with Crippen molar-refractivity contribution >= 4 is 17.5 Å². The molecule has 41 heavy (non-hydrogen) atoms. The Morgan fingerprint density at radius 3 is 2.59 bits per heavy atom. The average molecular weight is 559 g/mol. The standard InChI is InChI=1S/C29H30N6O6/c1-38-22-11-8-19(9-12-22)28-31-33-34(32-28)18-26(36)35(21-10-13-23-25(17-21)41-16-15-40-23)27(24-7-4-14-39-24)29(37)30-20-5-2-3-6-20/h4,7-14,17,20,27H,2-3,5-6,15-16,18H2,1H3,(H,30,37). The summed E-state index contributed by atoms with van der Waals surface area (Å²) < 4.78 is 22.4. The normalized spacial score (nSPS) is 15.3. The van der Waals surface area contributed by atoms with E-state index in [2.05, 4.69) is 20.7 Å². The second kappa shape index (κ2) is 11.7. The monoisotopic (exact) mass is 558 g/mol. The maximum atomic E-state index is 14.1. The van der Waals surface area contributed by atoms with Crippen molar-refractivity contribution in [3.63, 3.8) is 0 Å². The molecule has 1 fully saturated rings. The lowest BCUT2D eigenvalue weighted by molar-refractivity contribution is -0.128. The molecule has 3 heterocycles. The summed E-state index contributed by atoms with van der Waals surface area (Å²) in [6.07, 6.45) is 5.38. The van der Waals surface area contributed by atoms with E-state index < -0.39 is 11.9 Å². The minimum Gasteiger partial charge on any atom is -0.497 e. The number of anilines is 1. The van der Waals surface area contributed by atoms with Crippen molar-refractivity contribution in [2.75, 3.05) is 25.2 Å². The summed E-state index contributed by atoms with van der Waals surface area (Å²) in [5, 5.41) is 15.8. The second-order valence-corrected chi connectivity index (χ2v) is 9.87. The van der Waals surface area contributed by atoms with Crippen LogP contribution in [0.4, 0.5) is 5.69 Å². The Labute approximate surface area is 236 Å². The van der Waals surface area contributed by atoms with Crippen LogP contribution in [-0.2, 0) is 16.1 Å². The van der Waals surface area contributed by atoms with Crippen molar-refractivity contribution in [3.05, 3.63) is 66.6 Å². The Morgan fingerprint density at radius 2 is 1.85 bits per heavy atom. The van der Waals surface area contributed by atoms with Gasteiger partial charge < -0.3 is 23.9 Å². The number of rotatable bonds is 9. The number of carbonyl (C=O) groups excluding carboxylic acids is 2. The van der Waals surface area contributed by atoms with Crippen molar-refractivity contribution in [2.45, 2.75) is 44.3 Å². The predicted molar refractivity (Wildman–Crippen MR) is 147 cm³/mol. The van der Waals surface area contributed by atoms with Crippen molar-refractivity contribution in [1.82, 2.24) is 25.5 Å². The predicted octanol–water partition coefficient (Wildman–Crippen LogP) is 3.55. The number of nitrogens with zero attached hydrogens (tertiary/aromatic N) is 5. The van der Waals surface area contributed by atoms with Crippen LogP contribution in [0.25, 0.3) is 11.4 Å².